The summed E-state index contributed by atoms with van der Waals surface area (Å²) in [6.07, 6.45) is 0.547. The van der Waals surface area contributed by atoms with Crippen LogP contribution in [-0.4, -0.2) is 12.1 Å². The third-order valence-electron chi connectivity index (χ3n) is 2.23. The fourth-order valence-corrected chi connectivity index (χ4v) is 1.50. The molecule has 3 nitrogen and oxygen atoms in total. The maximum atomic E-state index is 11.8. The van der Waals surface area contributed by atoms with Crippen molar-refractivity contribution >= 4 is 34.9 Å². The lowest BCUT2D eigenvalue weighted by Gasteiger charge is -2.13. The van der Waals surface area contributed by atoms with Crippen molar-refractivity contribution in [3.63, 3.8) is 0 Å². The molecular weight excluding hydrogens is 249 g/mol. The number of benzene rings is 1. The number of ether oxygens (including phenoxy) is 1. The van der Waals surface area contributed by atoms with E-state index in [0.717, 1.165) is 6.42 Å². The smallest absolute Gasteiger partial charge is 0.342 e. The Kier molecular flexibility index (Phi) is 4.44. The molecular formula is C11H13Cl2NO2. The Hall–Kier alpha value is -0.930. The number of rotatable bonds is 3. The van der Waals surface area contributed by atoms with Crippen LogP contribution in [0.1, 0.15) is 30.6 Å². The van der Waals surface area contributed by atoms with Gasteiger partial charge in [-0.25, -0.2) is 4.79 Å². The Bertz CT molecular complexity index is 407. The molecule has 5 heteroatoms. The average molecular weight is 262 g/mol. The van der Waals surface area contributed by atoms with Crippen molar-refractivity contribution in [3.05, 3.63) is 27.7 Å². The maximum absolute atomic E-state index is 11.8. The number of carbonyl (C=O) groups is 1. The van der Waals surface area contributed by atoms with Gasteiger partial charge in [0, 0.05) is 0 Å². The molecule has 0 amide bonds. The topological polar surface area (TPSA) is 52.3 Å². The van der Waals surface area contributed by atoms with E-state index < -0.39 is 5.97 Å². The van der Waals surface area contributed by atoms with Gasteiger partial charge < -0.3 is 10.5 Å². The summed E-state index contributed by atoms with van der Waals surface area (Å²) in [5.74, 6) is -0.542. The van der Waals surface area contributed by atoms with E-state index in [1.807, 2.05) is 6.92 Å². The second kappa shape index (κ2) is 5.41. The zero-order valence-corrected chi connectivity index (χ0v) is 10.6. The first-order valence-electron chi connectivity index (χ1n) is 4.91. The van der Waals surface area contributed by atoms with Gasteiger partial charge in [-0.2, -0.15) is 0 Å². The third-order valence-corrected chi connectivity index (χ3v) is 2.87. The predicted octanol–water partition coefficient (Wildman–Crippen LogP) is 3.53. The molecule has 0 saturated carbocycles. The predicted molar refractivity (Wildman–Crippen MR) is 66.0 cm³/mol. The molecule has 2 N–H and O–H groups in total. The number of halogens is 2. The zero-order valence-electron chi connectivity index (χ0n) is 9.09. The van der Waals surface area contributed by atoms with Gasteiger partial charge in [0.2, 0.25) is 0 Å². The van der Waals surface area contributed by atoms with Crippen LogP contribution >= 0.6 is 23.2 Å². The molecule has 0 aliphatic carbocycles. The van der Waals surface area contributed by atoms with E-state index in [2.05, 4.69) is 0 Å². The minimum absolute atomic E-state index is 0.134. The summed E-state index contributed by atoms with van der Waals surface area (Å²) in [5, 5.41) is 0.538. The summed E-state index contributed by atoms with van der Waals surface area (Å²) in [7, 11) is 0. The van der Waals surface area contributed by atoms with Crippen molar-refractivity contribution < 1.29 is 9.53 Å². The van der Waals surface area contributed by atoms with Crippen molar-refractivity contribution in [2.45, 2.75) is 26.4 Å². The van der Waals surface area contributed by atoms with E-state index in [4.69, 9.17) is 33.7 Å². The zero-order chi connectivity index (χ0) is 12.3. The van der Waals surface area contributed by atoms with E-state index >= 15 is 0 Å². The van der Waals surface area contributed by atoms with Gasteiger partial charge in [0.1, 0.15) is 5.56 Å². The Labute approximate surface area is 104 Å². The molecule has 1 unspecified atom stereocenters. The van der Waals surface area contributed by atoms with Crippen molar-refractivity contribution in [3.8, 4) is 0 Å². The number of hydrogen-bond donors (Lipinski definition) is 1. The minimum atomic E-state index is -0.542. The van der Waals surface area contributed by atoms with Crippen molar-refractivity contribution in [1.82, 2.24) is 0 Å². The van der Waals surface area contributed by atoms with E-state index in [1.54, 1.807) is 13.0 Å². The van der Waals surface area contributed by atoms with Crippen LogP contribution in [0, 0.1) is 0 Å². The molecule has 88 valence electrons. The lowest BCUT2D eigenvalue weighted by Crippen LogP contribution is -2.16. The van der Waals surface area contributed by atoms with Crippen molar-refractivity contribution in [2.24, 2.45) is 0 Å². The van der Waals surface area contributed by atoms with Crippen molar-refractivity contribution in [2.75, 3.05) is 5.73 Å². The fourth-order valence-electron chi connectivity index (χ4n) is 1.10. The number of nitrogen functional groups attached to an aromatic ring is 1. The van der Waals surface area contributed by atoms with Gasteiger partial charge in [-0.3, -0.25) is 0 Å². The second-order valence-electron chi connectivity index (χ2n) is 3.44. The standard InChI is InChI=1S/C11H13Cl2NO2/c1-3-6(2)16-11(15)9-7(12)4-5-8(13)10(9)14/h4-6H,3,14H2,1-2H3. The van der Waals surface area contributed by atoms with Gasteiger partial charge in [0.15, 0.2) is 0 Å². The van der Waals surface area contributed by atoms with E-state index in [9.17, 15) is 4.79 Å². The van der Waals surface area contributed by atoms with Gasteiger partial charge in [0.25, 0.3) is 0 Å². The summed E-state index contributed by atoms with van der Waals surface area (Å²) < 4.78 is 5.14. The summed E-state index contributed by atoms with van der Waals surface area (Å²) >= 11 is 11.7. The van der Waals surface area contributed by atoms with Crippen LogP contribution in [0.15, 0.2) is 12.1 Å². The third kappa shape index (κ3) is 2.80. The largest absolute Gasteiger partial charge is 0.459 e. The normalized spacial score (nSPS) is 12.2. The average Bonchev–Trinajstić information content (AvgIpc) is 2.24. The molecule has 0 heterocycles. The maximum Gasteiger partial charge on any atom is 0.342 e. The van der Waals surface area contributed by atoms with E-state index in [1.165, 1.54) is 6.07 Å². The van der Waals surface area contributed by atoms with Crippen LogP contribution in [0.25, 0.3) is 0 Å². The monoisotopic (exact) mass is 261 g/mol. The van der Waals surface area contributed by atoms with E-state index in [0.29, 0.717) is 5.02 Å². The van der Waals surface area contributed by atoms with Gasteiger partial charge in [0.05, 0.1) is 21.8 Å². The van der Waals surface area contributed by atoms with E-state index in [-0.39, 0.29) is 22.4 Å². The molecule has 0 spiro atoms. The summed E-state index contributed by atoms with van der Waals surface area (Å²) in [6.45, 7) is 3.72. The minimum Gasteiger partial charge on any atom is -0.459 e. The van der Waals surface area contributed by atoms with Gasteiger partial charge in [-0.1, -0.05) is 30.1 Å². The molecule has 1 aromatic rings. The molecule has 0 saturated heterocycles. The van der Waals surface area contributed by atoms with Crippen LogP contribution in [0.4, 0.5) is 5.69 Å². The van der Waals surface area contributed by atoms with Crippen molar-refractivity contribution in [1.29, 1.82) is 0 Å². The lowest BCUT2D eigenvalue weighted by molar-refractivity contribution is 0.0336. The number of carbonyl (C=O) groups excluding carboxylic acids is 1. The quantitative estimate of drug-likeness (QED) is 0.669. The van der Waals surface area contributed by atoms with Gasteiger partial charge in [-0.05, 0) is 25.5 Å². The molecule has 0 radical (unpaired) electrons. The van der Waals surface area contributed by atoms with Crippen LogP contribution < -0.4 is 5.73 Å². The molecule has 0 aromatic heterocycles. The van der Waals surface area contributed by atoms with Crippen LogP contribution in [0.5, 0.6) is 0 Å². The first-order chi connectivity index (χ1) is 7.47. The van der Waals surface area contributed by atoms with Crippen LogP contribution in [0.3, 0.4) is 0 Å². The number of hydrogen-bond acceptors (Lipinski definition) is 3. The first kappa shape index (κ1) is 13.1. The fraction of sp³-hybridized carbons (Fsp3) is 0.364. The second-order valence-corrected chi connectivity index (χ2v) is 4.26. The van der Waals surface area contributed by atoms with Gasteiger partial charge in [-0.15, -0.1) is 0 Å². The highest BCUT2D eigenvalue weighted by Gasteiger charge is 2.19. The molecule has 16 heavy (non-hydrogen) atoms. The molecule has 0 bridgehead atoms. The summed E-state index contributed by atoms with van der Waals surface area (Å²) in [5.41, 5.74) is 5.97. The lowest BCUT2D eigenvalue weighted by atomic mass is 10.2. The van der Waals surface area contributed by atoms with Crippen LogP contribution in [0.2, 0.25) is 10.0 Å². The first-order valence-corrected chi connectivity index (χ1v) is 5.67. The Balaban J connectivity index is 3.03. The highest BCUT2D eigenvalue weighted by Crippen LogP contribution is 2.30. The number of nitrogens with two attached hydrogens (primary N) is 1. The Morgan fingerprint density at radius 2 is 2.00 bits per heavy atom. The SMILES string of the molecule is CCC(C)OC(=O)c1c(Cl)ccc(Cl)c1N. The molecule has 1 aromatic carbocycles. The highest BCUT2D eigenvalue weighted by atomic mass is 35.5. The summed E-state index contributed by atoms with van der Waals surface area (Å²) in [6, 6.07) is 3.06. The number of anilines is 1. The number of esters is 1. The molecule has 1 atom stereocenters. The summed E-state index contributed by atoms with van der Waals surface area (Å²) in [4.78, 5) is 11.8. The highest BCUT2D eigenvalue weighted by molar-refractivity contribution is 6.38. The molecule has 0 aliphatic heterocycles. The Morgan fingerprint density at radius 1 is 1.44 bits per heavy atom. The van der Waals surface area contributed by atoms with Gasteiger partial charge >= 0.3 is 5.97 Å². The molecule has 0 fully saturated rings. The molecule has 1 rings (SSSR count). The van der Waals surface area contributed by atoms with Crippen LogP contribution in [-0.2, 0) is 4.74 Å². The Morgan fingerprint density at radius 3 is 2.56 bits per heavy atom. The molecule has 0 aliphatic rings.